The van der Waals surface area contributed by atoms with Crippen molar-refractivity contribution in [2.75, 3.05) is 0 Å². The molecular formula is C8H12OSn. The summed E-state index contributed by atoms with van der Waals surface area (Å²) >= 11 is -1.28. The minimum atomic E-state index is -1.28. The molecule has 10 heavy (non-hydrogen) atoms. The Hall–Kier alpha value is -0.181. The fourth-order valence-electron chi connectivity index (χ4n) is 0.859. The zero-order valence-electron chi connectivity index (χ0n) is 6.33. The van der Waals surface area contributed by atoms with Crippen molar-refractivity contribution in [3.63, 3.8) is 0 Å². The molecule has 1 rings (SSSR count). The minimum absolute atomic E-state index is 0.371. The van der Waals surface area contributed by atoms with E-state index in [1.54, 1.807) is 12.1 Å². The van der Waals surface area contributed by atoms with Crippen LogP contribution in [0.25, 0.3) is 0 Å². The Morgan fingerprint density at radius 2 is 1.60 bits per heavy atom. The summed E-state index contributed by atoms with van der Waals surface area (Å²) in [5, 5.41) is 8.96. The van der Waals surface area contributed by atoms with Gasteiger partial charge in [-0.15, -0.1) is 0 Å². The number of phenolic OH excluding ortho intramolecular Hbond substituents is 1. The molecule has 0 aliphatic heterocycles. The van der Waals surface area contributed by atoms with E-state index in [4.69, 9.17) is 5.11 Å². The van der Waals surface area contributed by atoms with E-state index in [2.05, 4.69) is 9.88 Å². The van der Waals surface area contributed by atoms with Gasteiger partial charge in [0, 0.05) is 0 Å². The van der Waals surface area contributed by atoms with Gasteiger partial charge >= 0.3 is 68.3 Å². The normalized spacial score (nSPS) is 10.3. The summed E-state index contributed by atoms with van der Waals surface area (Å²) in [5.74, 6) is 0.371. The van der Waals surface area contributed by atoms with E-state index in [1.807, 2.05) is 12.1 Å². The Balaban J connectivity index is 2.89. The number of benzene rings is 1. The maximum atomic E-state index is 8.96. The summed E-state index contributed by atoms with van der Waals surface area (Å²) in [6.45, 7) is 0. The van der Waals surface area contributed by atoms with E-state index in [9.17, 15) is 0 Å². The second-order valence-corrected chi connectivity index (χ2v) is 11.2. The molecule has 54 valence electrons. The van der Waals surface area contributed by atoms with Gasteiger partial charge in [0.05, 0.1) is 0 Å². The van der Waals surface area contributed by atoms with Gasteiger partial charge in [0.2, 0.25) is 0 Å². The van der Waals surface area contributed by atoms with E-state index in [0.717, 1.165) is 0 Å². The summed E-state index contributed by atoms with van der Waals surface area (Å²) in [7, 11) is 0. The van der Waals surface area contributed by atoms with Crippen LogP contribution in [0.15, 0.2) is 24.3 Å². The summed E-state index contributed by atoms with van der Waals surface area (Å²) in [4.78, 5) is 4.68. The van der Waals surface area contributed by atoms with Gasteiger partial charge in [-0.3, -0.25) is 0 Å². The van der Waals surface area contributed by atoms with Crippen LogP contribution in [-0.2, 0) is 0 Å². The number of aromatic hydroxyl groups is 1. The van der Waals surface area contributed by atoms with Crippen LogP contribution in [-0.4, -0.2) is 24.9 Å². The molecule has 0 aliphatic carbocycles. The van der Waals surface area contributed by atoms with E-state index < -0.39 is 19.8 Å². The quantitative estimate of drug-likeness (QED) is 0.732. The molecule has 0 amide bonds. The van der Waals surface area contributed by atoms with Crippen molar-refractivity contribution < 1.29 is 5.11 Å². The first kappa shape index (κ1) is 7.92. The van der Waals surface area contributed by atoms with Crippen molar-refractivity contribution in [3.8, 4) is 5.75 Å². The first-order chi connectivity index (χ1) is 4.70. The molecule has 1 aromatic carbocycles. The molecule has 0 atom stereocenters. The van der Waals surface area contributed by atoms with Gasteiger partial charge in [0.1, 0.15) is 0 Å². The standard InChI is InChI=1S/C6H5O.2CH3.Sn.H/c7-6-4-2-1-3-5-6;;;;/h2-5,7H;2*1H3;;. The number of rotatable bonds is 1. The maximum absolute atomic E-state index is 8.96. The summed E-state index contributed by atoms with van der Waals surface area (Å²) < 4.78 is 1.47. The number of hydrogen-bond acceptors (Lipinski definition) is 1. The van der Waals surface area contributed by atoms with Gasteiger partial charge in [-0.05, 0) is 0 Å². The molecule has 0 heterocycles. The molecule has 0 unspecified atom stereocenters. The molecule has 1 N–H and O–H groups in total. The Labute approximate surface area is 68.4 Å². The molecule has 0 saturated heterocycles. The van der Waals surface area contributed by atoms with Gasteiger partial charge in [-0.2, -0.15) is 0 Å². The van der Waals surface area contributed by atoms with Crippen LogP contribution in [0.2, 0.25) is 9.88 Å². The Bertz CT molecular complexity index is 203. The second-order valence-electron chi connectivity index (χ2n) is 2.75. The van der Waals surface area contributed by atoms with Crippen LogP contribution < -0.4 is 3.58 Å². The van der Waals surface area contributed by atoms with Crippen LogP contribution in [0.3, 0.4) is 0 Å². The summed E-state index contributed by atoms with van der Waals surface area (Å²) in [5.41, 5.74) is 0. The van der Waals surface area contributed by atoms with Gasteiger partial charge in [0.15, 0.2) is 0 Å². The van der Waals surface area contributed by atoms with Crippen LogP contribution in [0.5, 0.6) is 5.75 Å². The first-order valence-corrected chi connectivity index (χ1v) is 11.7. The van der Waals surface area contributed by atoms with Gasteiger partial charge in [0.25, 0.3) is 0 Å². The topological polar surface area (TPSA) is 20.2 Å². The van der Waals surface area contributed by atoms with Crippen molar-refractivity contribution >= 4 is 23.3 Å². The third-order valence-electron chi connectivity index (χ3n) is 1.56. The van der Waals surface area contributed by atoms with Gasteiger partial charge < -0.3 is 0 Å². The molecule has 0 aromatic heterocycles. The van der Waals surface area contributed by atoms with Gasteiger partial charge in [-0.1, -0.05) is 0 Å². The fraction of sp³-hybridized carbons (Fsp3) is 0.250. The second kappa shape index (κ2) is 3.28. The molecule has 0 aliphatic rings. The van der Waals surface area contributed by atoms with Crippen LogP contribution in [0.1, 0.15) is 0 Å². The third-order valence-corrected chi connectivity index (χ3v) is 6.46. The van der Waals surface area contributed by atoms with E-state index >= 15 is 0 Å². The molecule has 2 heteroatoms. The number of hydrogen-bond donors (Lipinski definition) is 1. The summed E-state index contributed by atoms with van der Waals surface area (Å²) in [6.07, 6.45) is 0. The first-order valence-electron chi connectivity index (χ1n) is 3.49. The van der Waals surface area contributed by atoms with Crippen molar-refractivity contribution in [1.82, 2.24) is 0 Å². The Morgan fingerprint density at radius 1 is 1.10 bits per heavy atom. The van der Waals surface area contributed by atoms with Gasteiger partial charge in [-0.25, -0.2) is 0 Å². The summed E-state index contributed by atoms with van der Waals surface area (Å²) in [6, 6.07) is 7.62. The zero-order chi connectivity index (χ0) is 7.56. The van der Waals surface area contributed by atoms with Crippen molar-refractivity contribution in [1.29, 1.82) is 0 Å². The van der Waals surface area contributed by atoms with Crippen LogP contribution in [0.4, 0.5) is 0 Å². The van der Waals surface area contributed by atoms with E-state index in [-0.39, 0.29) is 0 Å². The van der Waals surface area contributed by atoms with E-state index in [1.165, 1.54) is 3.58 Å². The molecule has 1 aromatic rings. The predicted octanol–water partition coefficient (Wildman–Crippen LogP) is 1.09. The molecule has 0 fully saturated rings. The molecular weight excluding hydrogens is 231 g/mol. The number of phenols is 1. The van der Waals surface area contributed by atoms with Crippen LogP contribution >= 0.6 is 0 Å². The molecule has 0 radical (unpaired) electrons. The SMILES string of the molecule is [CH3][SnH]([CH3])[c]1ccc(O)cc1. The fourth-order valence-corrected chi connectivity index (χ4v) is 3.61. The van der Waals surface area contributed by atoms with Crippen molar-refractivity contribution in [3.05, 3.63) is 24.3 Å². The average molecular weight is 243 g/mol. The zero-order valence-corrected chi connectivity index (χ0v) is 9.63. The average Bonchev–Trinajstić information content (AvgIpc) is 1.88. The molecule has 0 saturated carbocycles. The van der Waals surface area contributed by atoms with E-state index in [0.29, 0.717) is 5.75 Å². The Kier molecular flexibility index (Phi) is 2.60. The molecule has 1 nitrogen and oxygen atoms in total. The third kappa shape index (κ3) is 1.90. The Morgan fingerprint density at radius 3 is 2.00 bits per heavy atom. The molecule has 0 bridgehead atoms. The van der Waals surface area contributed by atoms with Crippen LogP contribution in [0, 0.1) is 0 Å². The van der Waals surface area contributed by atoms with Crippen molar-refractivity contribution in [2.24, 2.45) is 0 Å². The monoisotopic (exact) mass is 244 g/mol. The predicted molar refractivity (Wildman–Crippen MR) is 46.6 cm³/mol. The molecule has 0 spiro atoms. The van der Waals surface area contributed by atoms with Crippen molar-refractivity contribution in [2.45, 2.75) is 9.88 Å².